The van der Waals surface area contributed by atoms with Crippen molar-refractivity contribution in [3.8, 4) is 0 Å². The summed E-state index contributed by atoms with van der Waals surface area (Å²) in [6, 6.07) is 10.0. The first-order chi connectivity index (χ1) is 7.15. The Morgan fingerprint density at radius 3 is 2.33 bits per heavy atom. The summed E-state index contributed by atoms with van der Waals surface area (Å²) < 4.78 is 4.81. The van der Waals surface area contributed by atoms with Gasteiger partial charge in [0.2, 0.25) is 0 Å². The highest BCUT2D eigenvalue weighted by Crippen LogP contribution is 2.18. The Labute approximate surface area is 91.3 Å². The SMILES string of the molecule is COC(=O)[C@H](Cc1ccccc1)C(C)C. The number of carbonyl (C=O) groups is 1. The fraction of sp³-hybridized carbons (Fsp3) is 0.462. The molecule has 0 bridgehead atoms. The highest BCUT2D eigenvalue weighted by Gasteiger charge is 2.22. The van der Waals surface area contributed by atoms with Crippen LogP contribution in [-0.4, -0.2) is 13.1 Å². The van der Waals surface area contributed by atoms with Crippen LogP contribution in [-0.2, 0) is 16.0 Å². The summed E-state index contributed by atoms with van der Waals surface area (Å²) in [5, 5.41) is 0. The van der Waals surface area contributed by atoms with Crippen LogP contribution in [0.2, 0.25) is 0 Å². The Morgan fingerprint density at radius 2 is 1.87 bits per heavy atom. The van der Waals surface area contributed by atoms with Crippen LogP contribution in [0.5, 0.6) is 0 Å². The van der Waals surface area contributed by atoms with Crippen LogP contribution >= 0.6 is 0 Å². The zero-order valence-electron chi connectivity index (χ0n) is 9.57. The number of carbonyl (C=O) groups excluding carboxylic acids is 1. The third kappa shape index (κ3) is 3.39. The largest absolute Gasteiger partial charge is 0.469 e. The van der Waals surface area contributed by atoms with Gasteiger partial charge in [0.05, 0.1) is 13.0 Å². The molecule has 0 heterocycles. The van der Waals surface area contributed by atoms with Crippen LogP contribution in [0.1, 0.15) is 19.4 Å². The van der Waals surface area contributed by atoms with Gasteiger partial charge < -0.3 is 4.74 Å². The van der Waals surface area contributed by atoms with Crippen molar-refractivity contribution >= 4 is 5.97 Å². The van der Waals surface area contributed by atoms with E-state index in [1.807, 2.05) is 44.2 Å². The average molecular weight is 206 g/mol. The van der Waals surface area contributed by atoms with E-state index in [2.05, 4.69) is 0 Å². The lowest BCUT2D eigenvalue weighted by atomic mass is 9.89. The zero-order chi connectivity index (χ0) is 11.3. The molecule has 1 aromatic rings. The standard InChI is InChI=1S/C13H18O2/c1-10(2)12(13(14)15-3)9-11-7-5-4-6-8-11/h4-8,10,12H,9H2,1-3H3/t12-/m1/s1. The quantitative estimate of drug-likeness (QED) is 0.708. The second-order valence-corrected chi connectivity index (χ2v) is 4.06. The van der Waals surface area contributed by atoms with Crippen LogP contribution in [0, 0.1) is 11.8 Å². The van der Waals surface area contributed by atoms with E-state index in [0.717, 1.165) is 6.42 Å². The van der Waals surface area contributed by atoms with E-state index >= 15 is 0 Å². The molecule has 2 heteroatoms. The number of rotatable bonds is 4. The van der Waals surface area contributed by atoms with Gasteiger partial charge in [0, 0.05) is 0 Å². The molecule has 1 aromatic carbocycles. The van der Waals surface area contributed by atoms with Crippen LogP contribution in [0.3, 0.4) is 0 Å². The number of hydrogen-bond acceptors (Lipinski definition) is 2. The summed E-state index contributed by atoms with van der Waals surface area (Å²) in [6.45, 7) is 4.09. The van der Waals surface area contributed by atoms with Gasteiger partial charge in [-0.15, -0.1) is 0 Å². The molecular weight excluding hydrogens is 188 g/mol. The van der Waals surface area contributed by atoms with Crippen molar-refractivity contribution in [2.75, 3.05) is 7.11 Å². The molecule has 0 amide bonds. The van der Waals surface area contributed by atoms with Gasteiger partial charge in [-0.25, -0.2) is 0 Å². The molecule has 0 aliphatic rings. The maximum absolute atomic E-state index is 11.5. The number of benzene rings is 1. The summed E-state index contributed by atoms with van der Waals surface area (Å²) in [5.41, 5.74) is 1.18. The third-order valence-corrected chi connectivity index (χ3v) is 2.61. The molecular formula is C13H18O2. The first kappa shape index (κ1) is 11.8. The number of methoxy groups -OCH3 is 1. The molecule has 0 aliphatic carbocycles. The predicted octanol–water partition coefficient (Wildman–Crippen LogP) is 2.67. The Morgan fingerprint density at radius 1 is 1.27 bits per heavy atom. The maximum atomic E-state index is 11.5. The summed E-state index contributed by atoms with van der Waals surface area (Å²) in [6.07, 6.45) is 0.755. The van der Waals surface area contributed by atoms with Crippen molar-refractivity contribution in [2.24, 2.45) is 11.8 Å². The molecule has 1 rings (SSSR count). The molecule has 0 aliphatic heterocycles. The van der Waals surface area contributed by atoms with Gasteiger partial charge in [0.1, 0.15) is 0 Å². The molecule has 15 heavy (non-hydrogen) atoms. The Balaban J connectivity index is 2.72. The molecule has 0 fully saturated rings. The van der Waals surface area contributed by atoms with E-state index in [1.54, 1.807) is 0 Å². The third-order valence-electron chi connectivity index (χ3n) is 2.61. The summed E-state index contributed by atoms with van der Waals surface area (Å²) >= 11 is 0. The maximum Gasteiger partial charge on any atom is 0.309 e. The minimum atomic E-state index is -0.117. The summed E-state index contributed by atoms with van der Waals surface area (Å²) in [4.78, 5) is 11.5. The topological polar surface area (TPSA) is 26.3 Å². The molecule has 1 atom stereocenters. The molecule has 0 saturated heterocycles. The molecule has 2 nitrogen and oxygen atoms in total. The first-order valence-electron chi connectivity index (χ1n) is 5.27. The van der Waals surface area contributed by atoms with Crippen molar-refractivity contribution in [3.63, 3.8) is 0 Å². The Kier molecular flexibility index (Phi) is 4.35. The van der Waals surface area contributed by atoms with E-state index in [1.165, 1.54) is 12.7 Å². The highest BCUT2D eigenvalue weighted by atomic mass is 16.5. The van der Waals surface area contributed by atoms with Crippen molar-refractivity contribution in [1.29, 1.82) is 0 Å². The van der Waals surface area contributed by atoms with Crippen molar-refractivity contribution in [3.05, 3.63) is 35.9 Å². The van der Waals surface area contributed by atoms with Crippen LogP contribution < -0.4 is 0 Å². The number of ether oxygens (including phenoxy) is 1. The number of hydrogen-bond donors (Lipinski definition) is 0. The molecule has 0 unspecified atom stereocenters. The fourth-order valence-corrected chi connectivity index (χ4v) is 1.61. The second-order valence-electron chi connectivity index (χ2n) is 4.06. The monoisotopic (exact) mass is 206 g/mol. The van der Waals surface area contributed by atoms with Gasteiger partial charge in [-0.1, -0.05) is 44.2 Å². The minimum Gasteiger partial charge on any atom is -0.469 e. The van der Waals surface area contributed by atoms with E-state index in [4.69, 9.17) is 4.74 Å². The van der Waals surface area contributed by atoms with Crippen LogP contribution in [0.15, 0.2) is 30.3 Å². The smallest absolute Gasteiger partial charge is 0.309 e. The minimum absolute atomic E-state index is 0.0441. The van der Waals surface area contributed by atoms with Crippen molar-refractivity contribution in [2.45, 2.75) is 20.3 Å². The average Bonchev–Trinajstić information content (AvgIpc) is 2.26. The van der Waals surface area contributed by atoms with Crippen molar-refractivity contribution in [1.82, 2.24) is 0 Å². The molecule has 82 valence electrons. The zero-order valence-corrected chi connectivity index (χ0v) is 9.57. The van der Waals surface area contributed by atoms with E-state index in [-0.39, 0.29) is 11.9 Å². The summed E-state index contributed by atoms with van der Waals surface area (Å²) in [7, 11) is 1.45. The van der Waals surface area contributed by atoms with Crippen LogP contribution in [0.4, 0.5) is 0 Å². The first-order valence-corrected chi connectivity index (χ1v) is 5.27. The van der Waals surface area contributed by atoms with Gasteiger partial charge in [0.15, 0.2) is 0 Å². The molecule has 0 N–H and O–H groups in total. The van der Waals surface area contributed by atoms with Gasteiger partial charge in [-0.2, -0.15) is 0 Å². The van der Waals surface area contributed by atoms with Crippen molar-refractivity contribution < 1.29 is 9.53 Å². The van der Waals surface area contributed by atoms with Crippen LogP contribution in [0.25, 0.3) is 0 Å². The van der Waals surface area contributed by atoms with E-state index < -0.39 is 0 Å². The number of esters is 1. The summed E-state index contributed by atoms with van der Waals surface area (Å²) in [5.74, 6) is 0.143. The second kappa shape index (κ2) is 5.54. The van der Waals surface area contributed by atoms with Gasteiger partial charge in [-0.05, 0) is 17.9 Å². The Hall–Kier alpha value is -1.31. The van der Waals surface area contributed by atoms with E-state index in [0.29, 0.717) is 5.92 Å². The normalized spacial score (nSPS) is 12.5. The van der Waals surface area contributed by atoms with E-state index in [9.17, 15) is 4.79 Å². The lowest BCUT2D eigenvalue weighted by Crippen LogP contribution is -2.23. The predicted molar refractivity (Wildman–Crippen MR) is 60.5 cm³/mol. The van der Waals surface area contributed by atoms with Gasteiger partial charge >= 0.3 is 5.97 Å². The van der Waals surface area contributed by atoms with Gasteiger partial charge in [-0.3, -0.25) is 4.79 Å². The highest BCUT2D eigenvalue weighted by molar-refractivity contribution is 5.72. The lowest BCUT2D eigenvalue weighted by Gasteiger charge is -2.18. The molecule has 0 spiro atoms. The van der Waals surface area contributed by atoms with Gasteiger partial charge in [0.25, 0.3) is 0 Å². The lowest BCUT2D eigenvalue weighted by molar-refractivity contribution is -0.146. The molecule has 0 radical (unpaired) electrons. The Bertz CT molecular complexity index is 304. The fourth-order valence-electron chi connectivity index (χ4n) is 1.61. The molecule has 0 saturated carbocycles. The molecule has 0 aromatic heterocycles.